The minimum Gasteiger partial charge on any atom is -0.449 e. The molecule has 1 rings (SSSR count). The third kappa shape index (κ3) is 4.11. The van der Waals surface area contributed by atoms with Crippen LogP contribution in [0.2, 0.25) is 0 Å². The van der Waals surface area contributed by atoms with Crippen molar-refractivity contribution in [3.63, 3.8) is 0 Å². The molecule has 0 N–H and O–H groups in total. The van der Waals surface area contributed by atoms with E-state index >= 15 is 0 Å². The summed E-state index contributed by atoms with van der Waals surface area (Å²) in [6.07, 6.45) is -0.536. The van der Waals surface area contributed by atoms with Crippen LogP contribution in [0.3, 0.4) is 0 Å². The van der Waals surface area contributed by atoms with Crippen LogP contribution in [0, 0.1) is 11.3 Å². The Morgan fingerprint density at radius 2 is 2.17 bits per heavy atom. The SMILES string of the molecule is CC(C)(C)OC(=O)N1CSC[C@H]1C(=O)OCC#N. The molecule has 7 heteroatoms. The number of nitriles is 1. The predicted molar refractivity (Wildman–Crippen MR) is 65.8 cm³/mol. The van der Waals surface area contributed by atoms with E-state index in [1.54, 1.807) is 26.8 Å². The second kappa shape index (κ2) is 5.96. The fourth-order valence-corrected chi connectivity index (χ4v) is 2.46. The summed E-state index contributed by atoms with van der Waals surface area (Å²) in [5.74, 6) is 0.289. The van der Waals surface area contributed by atoms with E-state index in [1.165, 1.54) is 16.7 Å². The van der Waals surface area contributed by atoms with E-state index in [2.05, 4.69) is 0 Å². The summed E-state index contributed by atoms with van der Waals surface area (Å²) >= 11 is 1.45. The van der Waals surface area contributed by atoms with Crippen LogP contribution in [-0.2, 0) is 14.3 Å². The van der Waals surface area contributed by atoms with Crippen LogP contribution in [0.25, 0.3) is 0 Å². The van der Waals surface area contributed by atoms with Crippen LogP contribution in [-0.4, -0.2) is 46.8 Å². The number of hydrogen-bond donors (Lipinski definition) is 0. The van der Waals surface area contributed by atoms with Gasteiger partial charge in [0.1, 0.15) is 17.7 Å². The van der Waals surface area contributed by atoms with E-state index < -0.39 is 23.7 Å². The zero-order valence-corrected chi connectivity index (χ0v) is 11.5. The molecule has 1 atom stereocenters. The molecule has 1 amide bonds. The van der Waals surface area contributed by atoms with Crippen molar-refractivity contribution in [2.75, 3.05) is 18.2 Å². The van der Waals surface area contributed by atoms with Gasteiger partial charge < -0.3 is 9.47 Å². The summed E-state index contributed by atoms with van der Waals surface area (Å²) in [7, 11) is 0. The molecule has 6 nitrogen and oxygen atoms in total. The molecule has 0 spiro atoms. The van der Waals surface area contributed by atoms with Crippen molar-refractivity contribution in [1.82, 2.24) is 4.90 Å². The lowest BCUT2D eigenvalue weighted by atomic mass is 10.2. The third-order valence-electron chi connectivity index (χ3n) is 2.06. The average molecular weight is 272 g/mol. The Morgan fingerprint density at radius 3 is 2.72 bits per heavy atom. The molecule has 0 aromatic carbocycles. The zero-order chi connectivity index (χ0) is 13.8. The molecule has 1 saturated heterocycles. The minimum absolute atomic E-state index is 0.303. The molecule has 1 aliphatic heterocycles. The Labute approximate surface area is 110 Å². The first-order chi connectivity index (χ1) is 8.35. The quantitative estimate of drug-likeness (QED) is 0.706. The molecule has 18 heavy (non-hydrogen) atoms. The maximum atomic E-state index is 11.9. The molecular formula is C11H16N2O4S. The monoisotopic (exact) mass is 272 g/mol. The molecule has 1 aliphatic rings. The van der Waals surface area contributed by atoms with E-state index in [1.807, 2.05) is 0 Å². The van der Waals surface area contributed by atoms with Crippen LogP contribution < -0.4 is 0 Å². The Kier molecular flexibility index (Phi) is 4.84. The number of nitrogens with zero attached hydrogens (tertiary/aromatic N) is 2. The van der Waals surface area contributed by atoms with Gasteiger partial charge in [-0.25, -0.2) is 9.59 Å². The Hall–Kier alpha value is -1.42. The van der Waals surface area contributed by atoms with E-state index in [9.17, 15) is 9.59 Å². The second-order valence-corrected chi connectivity index (χ2v) is 5.73. The largest absolute Gasteiger partial charge is 0.449 e. The van der Waals surface area contributed by atoms with E-state index in [-0.39, 0.29) is 6.61 Å². The van der Waals surface area contributed by atoms with Gasteiger partial charge >= 0.3 is 12.1 Å². The van der Waals surface area contributed by atoms with Gasteiger partial charge in [0.15, 0.2) is 6.61 Å². The van der Waals surface area contributed by atoms with Gasteiger partial charge in [0.05, 0.1) is 5.88 Å². The fourth-order valence-electron chi connectivity index (χ4n) is 1.34. The smallest absolute Gasteiger partial charge is 0.411 e. The van der Waals surface area contributed by atoms with Crippen molar-refractivity contribution >= 4 is 23.8 Å². The third-order valence-corrected chi connectivity index (χ3v) is 3.07. The number of thioether (sulfide) groups is 1. The highest BCUT2D eigenvalue weighted by Crippen LogP contribution is 2.24. The molecule has 1 heterocycles. The zero-order valence-electron chi connectivity index (χ0n) is 10.6. The first-order valence-electron chi connectivity index (χ1n) is 5.46. The number of carbonyl (C=O) groups is 2. The second-order valence-electron chi connectivity index (χ2n) is 4.73. The molecule has 0 aliphatic carbocycles. The predicted octanol–water partition coefficient (Wildman–Crippen LogP) is 1.36. The van der Waals surface area contributed by atoms with Crippen molar-refractivity contribution in [2.24, 2.45) is 0 Å². The normalized spacial score (nSPS) is 19.2. The van der Waals surface area contributed by atoms with Crippen LogP contribution in [0.4, 0.5) is 4.79 Å². The van der Waals surface area contributed by atoms with E-state index in [4.69, 9.17) is 14.7 Å². The molecule has 0 radical (unpaired) electrons. The van der Waals surface area contributed by atoms with Gasteiger partial charge in [0, 0.05) is 5.75 Å². The number of hydrogen-bond acceptors (Lipinski definition) is 6. The number of esters is 1. The topological polar surface area (TPSA) is 79.6 Å². The molecule has 100 valence electrons. The Morgan fingerprint density at radius 1 is 1.50 bits per heavy atom. The lowest BCUT2D eigenvalue weighted by Crippen LogP contribution is -2.45. The summed E-state index contributed by atoms with van der Waals surface area (Å²) in [5.41, 5.74) is -0.606. The van der Waals surface area contributed by atoms with Crippen molar-refractivity contribution in [2.45, 2.75) is 32.4 Å². The van der Waals surface area contributed by atoms with Gasteiger partial charge in [-0.05, 0) is 20.8 Å². The molecular weight excluding hydrogens is 256 g/mol. The van der Waals surface area contributed by atoms with Crippen molar-refractivity contribution in [3.8, 4) is 6.07 Å². The highest BCUT2D eigenvalue weighted by molar-refractivity contribution is 7.99. The molecule has 0 bridgehead atoms. The van der Waals surface area contributed by atoms with Crippen LogP contribution in [0.1, 0.15) is 20.8 Å². The van der Waals surface area contributed by atoms with Gasteiger partial charge in [-0.2, -0.15) is 5.26 Å². The van der Waals surface area contributed by atoms with Gasteiger partial charge in [-0.1, -0.05) is 0 Å². The van der Waals surface area contributed by atoms with Gasteiger partial charge in [-0.3, -0.25) is 4.90 Å². The standard InChI is InChI=1S/C11H16N2O4S/c1-11(2,3)17-10(15)13-7-18-6-8(13)9(14)16-5-4-12/h8H,5-7H2,1-3H3/t8-/m0/s1. The van der Waals surface area contributed by atoms with Gasteiger partial charge in [0.2, 0.25) is 0 Å². The summed E-state index contributed by atoms with van der Waals surface area (Å²) in [6, 6.07) is 1.05. The highest BCUT2D eigenvalue weighted by Gasteiger charge is 2.38. The highest BCUT2D eigenvalue weighted by atomic mass is 32.2. The number of amides is 1. The number of ether oxygens (including phenoxy) is 2. The number of rotatable bonds is 2. The molecule has 0 unspecified atom stereocenters. The van der Waals surface area contributed by atoms with Gasteiger partial charge in [-0.15, -0.1) is 11.8 Å². The maximum Gasteiger partial charge on any atom is 0.411 e. The maximum absolute atomic E-state index is 11.9. The van der Waals surface area contributed by atoms with Crippen LogP contribution >= 0.6 is 11.8 Å². The summed E-state index contributed by atoms with van der Waals surface area (Å²) in [5, 5.41) is 8.35. The van der Waals surface area contributed by atoms with Crippen LogP contribution in [0.15, 0.2) is 0 Å². The molecule has 0 aromatic heterocycles. The molecule has 0 saturated carbocycles. The average Bonchev–Trinajstić information content (AvgIpc) is 2.72. The van der Waals surface area contributed by atoms with Crippen molar-refractivity contribution in [3.05, 3.63) is 0 Å². The van der Waals surface area contributed by atoms with Crippen LogP contribution in [0.5, 0.6) is 0 Å². The lowest BCUT2D eigenvalue weighted by molar-refractivity contribution is -0.146. The minimum atomic E-state index is -0.668. The number of carbonyl (C=O) groups excluding carboxylic acids is 2. The van der Waals surface area contributed by atoms with Crippen molar-refractivity contribution < 1.29 is 19.1 Å². The fraction of sp³-hybridized carbons (Fsp3) is 0.727. The molecule has 1 fully saturated rings. The summed E-state index contributed by atoms with van der Waals surface area (Å²) < 4.78 is 9.93. The Balaban J connectivity index is 2.62. The van der Waals surface area contributed by atoms with E-state index in [0.717, 1.165) is 0 Å². The summed E-state index contributed by atoms with van der Waals surface area (Å²) in [6.45, 7) is 4.98. The first-order valence-corrected chi connectivity index (χ1v) is 6.61. The Bertz CT molecular complexity index is 372. The van der Waals surface area contributed by atoms with E-state index in [0.29, 0.717) is 11.6 Å². The molecule has 0 aromatic rings. The van der Waals surface area contributed by atoms with Crippen molar-refractivity contribution in [1.29, 1.82) is 5.26 Å². The van der Waals surface area contributed by atoms with Gasteiger partial charge in [0.25, 0.3) is 0 Å². The summed E-state index contributed by atoms with van der Waals surface area (Å²) in [4.78, 5) is 24.8. The lowest BCUT2D eigenvalue weighted by Gasteiger charge is -2.26. The first kappa shape index (κ1) is 14.6.